The lowest BCUT2D eigenvalue weighted by Crippen LogP contribution is -2.07. The van der Waals surface area contributed by atoms with Crippen LogP contribution in [0.15, 0.2) is 30.5 Å². The van der Waals surface area contributed by atoms with Crippen LogP contribution < -0.4 is 0 Å². The van der Waals surface area contributed by atoms with E-state index >= 15 is 0 Å². The van der Waals surface area contributed by atoms with Crippen molar-refractivity contribution in [2.24, 2.45) is 0 Å². The molecule has 0 amide bonds. The number of aromatic amines is 1. The second kappa shape index (κ2) is 3.66. The summed E-state index contributed by atoms with van der Waals surface area (Å²) in [7, 11) is 0. The van der Waals surface area contributed by atoms with Gasteiger partial charge in [0.05, 0.1) is 11.9 Å². The van der Waals surface area contributed by atoms with E-state index in [1.807, 2.05) is 19.1 Å². The summed E-state index contributed by atoms with van der Waals surface area (Å²) in [6, 6.07) is 7.20. The average Bonchev–Trinajstić information content (AvgIpc) is 2.66. The molecule has 2 aromatic rings. The molecule has 0 fully saturated rings. The Hall–Kier alpha value is -1.78. The second-order valence-corrected chi connectivity index (χ2v) is 3.46. The molecule has 5 heteroatoms. The maximum atomic E-state index is 12.3. The summed E-state index contributed by atoms with van der Waals surface area (Å²) in [5.74, 6) is -0.967. The Labute approximate surface area is 90.1 Å². The standard InChI is InChI=1S/C11H9F3N2/c1-7-4-2-3-5-8(7)9-6-15-10(16-9)11(12,13)14/h2-6H,1H3,(H,15,16). The number of nitrogens with one attached hydrogen (secondary N) is 1. The first-order valence-electron chi connectivity index (χ1n) is 4.66. The molecule has 16 heavy (non-hydrogen) atoms. The maximum Gasteiger partial charge on any atom is 0.449 e. The highest BCUT2D eigenvalue weighted by atomic mass is 19.4. The van der Waals surface area contributed by atoms with E-state index in [4.69, 9.17) is 0 Å². The molecule has 0 atom stereocenters. The van der Waals surface area contributed by atoms with Gasteiger partial charge in [-0.25, -0.2) is 4.98 Å². The van der Waals surface area contributed by atoms with E-state index in [9.17, 15) is 13.2 Å². The fraction of sp³-hybridized carbons (Fsp3) is 0.182. The molecule has 84 valence electrons. The molecule has 2 rings (SSSR count). The van der Waals surface area contributed by atoms with Gasteiger partial charge in [0, 0.05) is 5.56 Å². The Morgan fingerprint density at radius 1 is 1.19 bits per heavy atom. The molecule has 0 bridgehead atoms. The molecule has 1 heterocycles. The molecule has 0 aliphatic rings. The lowest BCUT2D eigenvalue weighted by atomic mass is 10.1. The van der Waals surface area contributed by atoms with E-state index in [-0.39, 0.29) is 0 Å². The molecule has 2 nitrogen and oxygen atoms in total. The van der Waals surface area contributed by atoms with Crippen LogP contribution in [0.4, 0.5) is 13.2 Å². The fourth-order valence-electron chi connectivity index (χ4n) is 1.48. The highest BCUT2D eigenvalue weighted by Gasteiger charge is 2.34. The van der Waals surface area contributed by atoms with E-state index in [0.29, 0.717) is 5.69 Å². The third kappa shape index (κ3) is 1.93. The van der Waals surface area contributed by atoms with Crippen molar-refractivity contribution >= 4 is 0 Å². The Bertz CT molecular complexity index is 500. The minimum absolute atomic E-state index is 0.380. The summed E-state index contributed by atoms with van der Waals surface area (Å²) in [6.45, 7) is 1.84. The zero-order valence-corrected chi connectivity index (χ0v) is 8.47. The fourth-order valence-corrected chi connectivity index (χ4v) is 1.48. The summed E-state index contributed by atoms with van der Waals surface area (Å²) in [5, 5.41) is 0. The summed E-state index contributed by atoms with van der Waals surface area (Å²) in [6.07, 6.45) is -3.23. The van der Waals surface area contributed by atoms with E-state index in [0.717, 1.165) is 11.1 Å². The molecule has 0 saturated carbocycles. The predicted octanol–water partition coefficient (Wildman–Crippen LogP) is 3.40. The van der Waals surface area contributed by atoms with Crippen molar-refractivity contribution in [3.05, 3.63) is 41.9 Å². The molecule has 1 aromatic heterocycles. The highest BCUT2D eigenvalue weighted by molar-refractivity contribution is 5.62. The van der Waals surface area contributed by atoms with Crippen LogP contribution in [0.25, 0.3) is 11.3 Å². The number of hydrogen-bond donors (Lipinski definition) is 1. The van der Waals surface area contributed by atoms with E-state index in [1.165, 1.54) is 6.20 Å². The molecule has 1 N–H and O–H groups in total. The first-order valence-corrected chi connectivity index (χ1v) is 4.66. The number of imidazole rings is 1. The molecule has 1 aromatic carbocycles. The van der Waals surface area contributed by atoms with Gasteiger partial charge in [-0.15, -0.1) is 0 Å². The third-order valence-corrected chi connectivity index (χ3v) is 2.28. The minimum atomic E-state index is -4.43. The van der Waals surface area contributed by atoms with Crippen LogP contribution in [0.3, 0.4) is 0 Å². The molecule has 0 aliphatic heterocycles. The van der Waals surface area contributed by atoms with Gasteiger partial charge >= 0.3 is 6.18 Å². The number of hydrogen-bond acceptors (Lipinski definition) is 1. The van der Waals surface area contributed by atoms with Crippen LogP contribution in [-0.2, 0) is 6.18 Å². The maximum absolute atomic E-state index is 12.3. The van der Waals surface area contributed by atoms with Crippen molar-refractivity contribution in [1.29, 1.82) is 0 Å². The lowest BCUT2D eigenvalue weighted by Gasteiger charge is -2.03. The van der Waals surface area contributed by atoms with Crippen molar-refractivity contribution in [3.63, 3.8) is 0 Å². The lowest BCUT2D eigenvalue weighted by molar-refractivity contribution is -0.144. The topological polar surface area (TPSA) is 28.7 Å². The molecule has 0 radical (unpaired) electrons. The number of benzene rings is 1. The third-order valence-electron chi connectivity index (χ3n) is 2.28. The van der Waals surface area contributed by atoms with Gasteiger partial charge < -0.3 is 4.98 Å². The van der Waals surface area contributed by atoms with Gasteiger partial charge in [0.25, 0.3) is 0 Å². The smallest absolute Gasteiger partial charge is 0.334 e. The molecular weight excluding hydrogens is 217 g/mol. The minimum Gasteiger partial charge on any atom is -0.334 e. The number of halogens is 3. The quantitative estimate of drug-likeness (QED) is 0.793. The van der Waals surface area contributed by atoms with Crippen molar-refractivity contribution in [3.8, 4) is 11.3 Å². The number of nitrogens with zero attached hydrogens (tertiary/aromatic N) is 1. The largest absolute Gasteiger partial charge is 0.449 e. The molecular formula is C11H9F3N2. The van der Waals surface area contributed by atoms with Gasteiger partial charge in [0.1, 0.15) is 0 Å². The van der Waals surface area contributed by atoms with Crippen molar-refractivity contribution in [2.45, 2.75) is 13.1 Å². The number of H-pyrrole nitrogens is 1. The Morgan fingerprint density at radius 3 is 2.44 bits per heavy atom. The summed E-state index contributed by atoms with van der Waals surface area (Å²) >= 11 is 0. The number of aromatic nitrogens is 2. The Morgan fingerprint density at radius 2 is 1.88 bits per heavy atom. The highest BCUT2D eigenvalue weighted by Crippen LogP contribution is 2.29. The summed E-state index contributed by atoms with van der Waals surface area (Å²) < 4.78 is 37.0. The van der Waals surface area contributed by atoms with Crippen LogP contribution in [0.1, 0.15) is 11.4 Å². The normalized spacial score (nSPS) is 11.8. The van der Waals surface area contributed by atoms with Crippen LogP contribution in [0.5, 0.6) is 0 Å². The first kappa shape index (κ1) is 10.7. The van der Waals surface area contributed by atoms with Gasteiger partial charge in [-0.3, -0.25) is 0 Å². The molecule has 0 saturated heterocycles. The van der Waals surface area contributed by atoms with Gasteiger partial charge in [0.2, 0.25) is 5.82 Å². The number of rotatable bonds is 1. The Balaban J connectivity index is 2.44. The SMILES string of the molecule is Cc1ccccc1-c1cnc(C(F)(F)F)[nH]1. The zero-order valence-electron chi connectivity index (χ0n) is 8.47. The van der Waals surface area contributed by atoms with Crippen molar-refractivity contribution < 1.29 is 13.2 Å². The van der Waals surface area contributed by atoms with Crippen LogP contribution in [0.2, 0.25) is 0 Å². The number of alkyl halides is 3. The second-order valence-electron chi connectivity index (χ2n) is 3.46. The van der Waals surface area contributed by atoms with Crippen molar-refractivity contribution in [2.75, 3.05) is 0 Å². The molecule has 0 aliphatic carbocycles. The van der Waals surface area contributed by atoms with E-state index < -0.39 is 12.0 Å². The van der Waals surface area contributed by atoms with Gasteiger partial charge in [-0.1, -0.05) is 24.3 Å². The zero-order chi connectivity index (χ0) is 11.8. The monoisotopic (exact) mass is 226 g/mol. The van der Waals surface area contributed by atoms with Crippen LogP contribution in [-0.4, -0.2) is 9.97 Å². The van der Waals surface area contributed by atoms with Crippen LogP contribution in [0, 0.1) is 6.92 Å². The van der Waals surface area contributed by atoms with Crippen molar-refractivity contribution in [1.82, 2.24) is 9.97 Å². The Kier molecular flexibility index (Phi) is 2.46. The van der Waals surface area contributed by atoms with E-state index in [2.05, 4.69) is 9.97 Å². The van der Waals surface area contributed by atoms with Crippen LogP contribution >= 0.6 is 0 Å². The first-order chi connectivity index (χ1) is 7.48. The number of aryl methyl sites for hydroxylation is 1. The predicted molar refractivity (Wildman–Crippen MR) is 53.8 cm³/mol. The van der Waals surface area contributed by atoms with Gasteiger partial charge in [-0.05, 0) is 12.5 Å². The molecule has 0 unspecified atom stereocenters. The average molecular weight is 226 g/mol. The summed E-state index contributed by atoms with van der Waals surface area (Å²) in [4.78, 5) is 5.60. The van der Waals surface area contributed by atoms with E-state index in [1.54, 1.807) is 12.1 Å². The van der Waals surface area contributed by atoms with Gasteiger partial charge in [0.15, 0.2) is 0 Å². The summed E-state index contributed by atoms with van der Waals surface area (Å²) in [5.41, 5.74) is 2.01. The molecule has 0 spiro atoms. The van der Waals surface area contributed by atoms with Gasteiger partial charge in [-0.2, -0.15) is 13.2 Å².